The molecular weight excluding hydrogens is 164 g/mol. The zero-order chi connectivity index (χ0) is 10.5. The van der Waals surface area contributed by atoms with Crippen LogP contribution in [-0.2, 0) is 0 Å². The van der Waals surface area contributed by atoms with Crippen molar-refractivity contribution in [3.8, 4) is 0 Å². The molecule has 2 unspecified atom stereocenters. The van der Waals surface area contributed by atoms with Crippen molar-refractivity contribution >= 4 is 0 Å². The molecule has 0 heterocycles. The maximum atomic E-state index is 9.55. The maximum Gasteiger partial charge on any atom is 0.172 e. The van der Waals surface area contributed by atoms with Gasteiger partial charge in [0, 0.05) is 0 Å². The molecule has 0 aliphatic rings. The van der Waals surface area contributed by atoms with Gasteiger partial charge in [-0.25, -0.2) is 0 Å². The van der Waals surface area contributed by atoms with Crippen LogP contribution in [0.4, 0.5) is 0 Å². The molecule has 0 spiro atoms. The van der Waals surface area contributed by atoms with E-state index in [1.807, 2.05) is 13.8 Å². The molecule has 0 rings (SSSR count). The molecule has 0 saturated carbocycles. The Balaban J connectivity index is 3.96. The van der Waals surface area contributed by atoms with E-state index < -0.39 is 5.72 Å². The van der Waals surface area contributed by atoms with E-state index >= 15 is 0 Å². The van der Waals surface area contributed by atoms with Crippen molar-refractivity contribution in [1.82, 2.24) is 0 Å². The van der Waals surface area contributed by atoms with E-state index in [1.165, 1.54) is 0 Å². The van der Waals surface area contributed by atoms with Crippen LogP contribution >= 0.6 is 0 Å². The Kier molecular flexibility index (Phi) is 5.14. The van der Waals surface area contributed by atoms with E-state index in [9.17, 15) is 5.11 Å². The molecule has 0 fully saturated rings. The fourth-order valence-corrected chi connectivity index (χ4v) is 1.02. The van der Waals surface area contributed by atoms with Crippen LogP contribution in [0, 0.1) is 5.92 Å². The summed E-state index contributed by atoms with van der Waals surface area (Å²) in [5.41, 5.74) is -0.981. The van der Waals surface area contributed by atoms with Gasteiger partial charge in [-0.2, -0.15) is 10.2 Å². The van der Waals surface area contributed by atoms with Gasteiger partial charge in [0.15, 0.2) is 5.72 Å². The Labute approximate surface area is 81.3 Å². The molecule has 0 radical (unpaired) electrons. The standard InChI is InChI=1S/C10H22N2O/c1-6-10(5,13)12-11-9(4)7-8(2)3/h8-9,13H,6-7H2,1-5H3. The van der Waals surface area contributed by atoms with Crippen molar-refractivity contribution in [2.75, 3.05) is 0 Å². The van der Waals surface area contributed by atoms with Gasteiger partial charge in [-0.1, -0.05) is 20.8 Å². The number of aliphatic hydroxyl groups is 1. The number of hydrogen-bond donors (Lipinski definition) is 1. The number of rotatable bonds is 5. The van der Waals surface area contributed by atoms with E-state index in [1.54, 1.807) is 6.92 Å². The van der Waals surface area contributed by atoms with Gasteiger partial charge in [0.1, 0.15) is 0 Å². The molecule has 0 aliphatic heterocycles. The molecule has 3 nitrogen and oxygen atoms in total. The Morgan fingerprint density at radius 2 is 1.85 bits per heavy atom. The van der Waals surface area contributed by atoms with Crippen LogP contribution in [0.1, 0.15) is 47.5 Å². The SMILES string of the molecule is CCC(C)(O)N=NC(C)CC(C)C. The maximum absolute atomic E-state index is 9.55. The second kappa shape index (κ2) is 5.32. The molecule has 0 bridgehead atoms. The second-order valence-corrected chi connectivity index (χ2v) is 4.26. The van der Waals surface area contributed by atoms with Gasteiger partial charge in [-0.15, -0.1) is 0 Å². The van der Waals surface area contributed by atoms with E-state index in [4.69, 9.17) is 0 Å². The fourth-order valence-electron chi connectivity index (χ4n) is 1.02. The van der Waals surface area contributed by atoms with Crippen LogP contribution < -0.4 is 0 Å². The lowest BCUT2D eigenvalue weighted by atomic mass is 10.1. The van der Waals surface area contributed by atoms with Crippen molar-refractivity contribution in [1.29, 1.82) is 0 Å². The van der Waals surface area contributed by atoms with E-state index in [0.29, 0.717) is 12.3 Å². The first-order valence-corrected chi connectivity index (χ1v) is 5.01. The Bertz CT molecular complexity index is 164. The molecule has 0 aromatic heterocycles. The second-order valence-electron chi connectivity index (χ2n) is 4.26. The molecule has 0 aliphatic carbocycles. The minimum atomic E-state index is -0.981. The molecule has 3 heteroatoms. The summed E-state index contributed by atoms with van der Waals surface area (Å²) >= 11 is 0. The average Bonchev–Trinajstić information content (AvgIpc) is 2.00. The van der Waals surface area contributed by atoms with Crippen LogP contribution in [0.25, 0.3) is 0 Å². The van der Waals surface area contributed by atoms with E-state index in [-0.39, 0.29) is 6.04 Å². The Morgan fingerprint density at radius 1 is 1.31 bits per heavy atom. The first-order chi connectivity index (χ1) is 5.87. The van der Waals surface area contributed by atoms with Gasteiger partial charge in [0.2, 0.25) is 0 Å². The third-order valence-corrected chi connectivity index (χ3v) is 1.95. The quantitative estimate of drug-likeness (QED) is 0.659. The topological polar surface area (TPSA) is 45.0 Å². The Hall–Kier alpha value is -0.440. The number of azo groups is 1. The molecule has 0 aromatic rings. The fraction of sp³-hybridized carbons (Fsp3) is 1.00. The van der Waals surface area contributed by atoms with Crippen molar-refractivity contribution in [2.24, 2.45) is 16.1 Å². The predicted molar refractivity (Wildman–Crippen MR) is 54.7 cm³/mol. The lowest BCUT2D eigenvalue weighted by Crippen LogP contribution is -2.19. The highest BCUT2D eigenvalue weighted by Gasteiger charge is 2.15. The van der Waals surface area contributed by atoms with Gasteiger partial charge in [-0.3, -0.25) is 0 Å². The third kappa shape index (κ3) is 6.70. The highest BCUT2D eigenvalue weighted by molar-refractivity contribution is 4.66. The highest BCUT2D eigenvalue weighted by Crippen LogP contribution is 2.14. The molecule has 0 amide bonds. The van der Waals surface area contributed by atoms with Gasteiger partial charge in [0.25, 0.3) is 0 Å². The van der Waals surface area contributed by atoms with Crippen LogP contribution in [-0.4, -0.2) is 16.9 Å². The zero-order valence-electron chi connectivity index (χ0n) is 9.41. The minimum Gasteiger partial charge on any atom is -0.368 e. The summed E-state index contributed by atoms with van der Waals surface area (Å²) in [6.45, 7) is 9.91. The van der Waals surface area contributed by atoms with E-state index in [0.717, 1.165) is 6.42 Å². The monoisotopic (exact) mass is 186 g/mol. The van der Waals surface area contributed by atoms with Crippen molar-refractivity contribution in [3.05, 3.63) is 0 Å². The summed E-state index contributed by atoms with van der Waals surface area (Å²) < 4.78 is 0. The molecule has 2 atom stereocenters. The lowest BCUT2D eigenvalue weighted by molar-refractivity contribution is 0.0558. The predicted octanol–water partition coefficient (Wildman–Crippen LogP) is 2.99. The van der Waals surface area contributed by atoms with Crippen molar-refractivity contribution in [3.63, 3.8) is 0 Å². The van der Waals surface area contributed by atoms with Crippen LogP contribution in [0.2, 0.25) is 0 Å². The van der Waals surface area contributed by atoms with Gasteiger partial charge < -0.3 is 5.11 Å². The summed E-state index contributed by atoms with van der Waals surface area (Å²) in [4.78, 5) is 0. The molecule has 0 saturated heterocycles. The highest BCUT2D eigenvalue weighted by atomic mass is 16.3. The average molecular weight is 186 g/mol. The van der Waals surface area contributed by atoms with Gasteiger partial charge >= 0.3 is 0 Å². The molecule has 78 valence electrons. The van der Waals surface area contributed by atoms with Gasteiger partial charge in [-0.05, 0) is 32.6 Å². The molecular formula is C10H22N2O. The zero-order valence-corrected chi connectivity index (χ0v) is 9.41. The Morgan fingerprint density at radius 3 is 2.23 bits per heavy atom. The number of hydrogen-bond acceptors (Lipinski definition) is 3. The van der Waals surface area contributed by atoms with Crippen molar-refractivity contribution in [2.45, 2.75) is 59.2 Å². The smallest absolute Gasteiger partial charge is 0.172 e. The van der Waals surface area contributed by atoms with Crippen LogP contribution in [0.3, 0.4) is 0 Å². The van der Waals surface area contributed by atoms with Crippen LogP contribution in [0.5, 0.6) is 0 Å². The molecule has 13 heavy (non-hydrogen) atoms. The lowest BCUT2D eigenvalue weighted by Gasteiger charge is -2.15. The first kappa shape index (κ1) is 12.6. The first-order valence-electron chi connectivity index (χ1n) is 5.01. The summed E-state index contributed by atoms with van der Waals surface area (Å²) in [5.74, 6) is 0.625. The molecule has 0 aromatic carbocycles. The van der Waals surface area contributed by atoms with Gasteiger partial charge in [0.05, 0.1) is 6.04 Å². The van der Waals surface area contributed by atoms with Crippen molar-refractivity contribution < 1.29 is 5.11 Å². The normalized spacial score (nSPS) is 19.3. The summed E-state index contributed by atoms with van der Waals surface area (Å²) in [5, 5.41) is 17.5. The number of nitrogens with zero attached hydrogens (tertiary/aromatic N) is 2. The largest absolute Gasteiger partial charge is 0.368 e. The summed E-state index contributed by atoms with van der Waals surface area (Å²) in [6.07, 6.45) is 1.62. The van der Waals surface area contributed by atoms with Crippen LogP contribution in [0.15, 0.2) is 10.2 Å². The minimum absolute atomic E-state index is 0.207. The summed E-state index contributed by atoms with van der Waals surface area (Å²) in [7, 11) is 0. The third-order valence-electron chi connectivity index (χ3n) is 1.95. The summed E-state index contributed by atoms with van der Waals surface area (Å²) in [6, 6.07) is 0.207. The van der Waals surface area contributed by atoms with E-state index in [2.05, 4.69) is 24.1 Å². The molecule has 1 N–H and O–H groups in total.